The van der Waals surface area contributed by atoms with Crippen molar-refractivity contribution in [1.29, 1.82) is 0 Å². The number of pyridine rings is 1. The van der Waals surface area contributed by atoms with Gasteiger partial charge in [0.2, 0.25) is 0 Å². The van der Waals surface area contributed by atoms with E-state index >= 15 is 0 Å². The van der Waals surface area contributed by atoms with Crippen molar-refractivity contribution in [3.05, 3.63) is 89.5 Å². The third-order valence-corrected chi connectivity index (χ3v) is 7.15. The van der Waals surface area contributed by atoms with Crippen molar-refractivity contribution >= 4 is 5.91 Å². The number of carbonyl (C=O) groups is 1. The van der Waals surface area contributed by atoms with Crippen LogP contribution in [-0.4, -0.2) is 28.4 Å². The number of hydrogen-bond acceptors (Lipinski definition) is 3. The number of hydrogen-bond donors (Lipinski definition) is 1. The Morgan fingerprint density at radius 3 is 2.61 bits per heavy atom. The van der Waals surface area contributed by atoms with Crippen LogP contribution in [0.1, 0.15) is 53.6 Å². The zero-order valence-corrected chi connectivity index (χ0v) is 18.8. The fourth-order valence-corrected chi connectivity index (χ4v) is 5.21. The van der Waals surface area contributed by atoms with Crippen LogP contribution in [0.25, 0.3) is 11.1 Å². The first-order chi connectivity index (χ1) is 16.2. The topological polar surface area (TPSA) is 45.2 Å². The largest absolute Gasteiger partial charge is 0.349 e. The molecule has 1 aliphatic carbocycles. The Balaban J connectivity index is 1.08. The summed E-state index contributed by atoms with van der Waals surface area (Å²) in [5, 5.41) is 3.24. The van der Waals surface area contributed by atoms with E-state index in [2.05, 4.69) is 15.2 Å². The standard InChI is InChI=1S/C28H30FN3O/c29-27-8-2-6-24-18-32(19-26(24)27)15-13-20-9-11-25(12-10-20)31-28(33)22-5-1-4-21(16-22)23-7-3-14-30-17-23/h1-8,14,16-17,20,25H,9-13,15,18-19H2,(H,31,33). The molecular weight excluding hydrogens is 413 g/mol. The lowest BCUT2D eigenvalue weighted by molar-refractivity contribution is 0.0920. The number of halogens is 1. The summed E-state index contributed by atoms with van der Waals surface area (Å²) in [4.78, 5) is 19.4. The minimum Gasteiger partial charge on any atom is -0.349 e. The SMILES string of the molecule is O=C(NC1CCC(CCN2Cc3cccc(F)c3C2)CC1)c1cccc(-c2cccnc2)c1. The Bertz CT molecular complexity index is 1110. The number of fused-ring (bicyclic) bond motifs is 1. The molecular formula is C28H30FN3O. The minimum atomic E-state index is -0.0720. The summed E-state index contributed by atoms with van der Waals surface area (Å²) >= 11 is 0. The fraction of sp³-hybridized carbons (Fsp3) is 0.357. The smallest absolute Gasteiger partial charge is 0.251 e. The number of nitrogens with one attached hydrogen (secondary N) is 1. The molecule has 0 radical (unpaired) electrons. The number of nitrogens with zero attached hydrogens (tertiary/aromatic N) is 2. The molecule has 0 atom stereocenters. The molecule has 2 heterocycles. The van der Waals surface area contributed by atoms with Crippen LogP contribution in [0.4, 0.5) is 4.39 Å². The van der Waals surface area contributed by atoms with E-state index < -0.39 is 0 Å². The van der Waals surface area contributed by atoms with E-state index in [1.807, 2.05) is 54.7 Å². The second-order valence-corrected chi connectivity index (χ2v) is 9.39. The van der Waals surface area contributed by atoms with Crippen LogP contribution in [0.15, 0.2) is 67.0 Å². The van der Waals surface area contributed by atoms with Crippen molar-refractivity contribution in [3.63, 3.8) is 0 Å². The molecule has 1 saturated carbocycles. The number of rotatable bonds is 6. The zero-order chi connectivity index (χ0) is 22.6. The van der Waals surface area contributed by atoms with E-state index in [1.54, 1.807) is 12.3 Å². The molecule has 5 rings (SSSR count). The molecule has 1 aromatic heterocycles. The van der Waals surface area contributed by atoms with Gasteiger partial charge in [-0.2, -0.15) is 0 Å². The maximum absolute atomic E-state index is 14.0. The van der Waals surface area contributed by atoms with E-state index in [-0.39, 0.29) is 17.8 Å². The van der Waals surface area contributed by atoms with E-state index in [9.17, 15) is 9.18 Å². The monoisotopic (exact) mass is 443 g/mol. The highest BCUT2D eigenvalue weighted by Crippen LogP contribution is 2.30. The highest BCUT2D eigenvalue weighted by molar-refractivity contribution is 5.95. The highest BCUT2D eigenvalue weighted by Gasteiger charge is 2.25. The van der Waals surface area contributed by atoms with Gasteiger partial charge in [-0.25, -0.2) is 4.39 Å². The molecule has 1 amide bonds. The molecule has 1 N–H and O–H groups in total. The molecule has 170 valence electrons. The third-order valence-electron chi connectivity index (χ3n) is 7.15. The van der Waals surface area contributed by atoms with E-state index in [0.29, 0.717) is 11.5 Å². The first kappa shape index (κ1) is 21.8. The van der Waals surface area contributed by atoms with Crippen LogP contribution < -0.4 is 5.32 Å². The quantitative estimate of drug-likeness (QED) is 0.541. The molecule has 4 nitrogen and oxygen atoms in total. The average molecular weight is 444 g/mol. The second kappa shape index (κ2) is 9.84. The van der Waals surface area contributed by atoms with Gasteiger partial charge in [0.05, 0.1) is 0 Å². The molecule has 2 aliphatic rings. The van der Waals surface area contributed by atoms with Gasteiger partial charge in [-0.1, -0.05) is 30.3 Å². The lowest BCUT2D eigenvalue weighted by atomic mass is 9.84. The first-order valence-corrected chi connectivity index (χ1v) is 12.0. The lowest BCUT2D eigenvalue weighted by Gasteiger charge is -2.30. The Morgan fingerprint density at radius 2 is 1.82 bits per heavy atom. The predicted octanol–water partition coefficient (Wildman–Crippen LogP) is 5.58. The van der Waals surface area contributed by atoms with Gasteiger partial charge in [0.15, 0.2) is 0 Å². The molecule has 1 fully saturated rings. The first-order valence-electron chi connectivity index (χ1n) is 12.0. The van der Waals surface area contributed by atoms with Crippen molar-refractivity contribution in [2.45, 2.75) is 51.2 Å². The van der Waals surface area contributed by atoms with Crippen molar-refractivity contribution in [3.8, 4) is 11.1 Å². The molecule has 0 unspecified atom stereocenters. The zero-order valence-electron chi connectivity index (χ0n) is 18.8. The summed E-state index contributed by atoms with van der Waals surface area (Å²) in [7, 11) is 0. The molecule has 3 aromatic rings. The molecule has 5 heteroatoms. The predicted molar refractivity (Wildman–Crippen MR) is 128 cm³/mol. The maximum atomic E-state index is 14.0. The molecule has 2 aromatic carbocycles. The molecule has 0 bridgehead atoms. The van der Waals surface area contributed by atoms with Gasteiger partial charge in [-0.3, -0.25) is 14.7 Å². The van der Waals surface area contributed by atoms with Crippen LogP contribution in [0.2, 0.25) is 0 Å². The second-order valence-electron chi connectivity index (χ2n) is 9.39. The van der Waals surface area contributed by atoms with Gasteiger partial charge in [0, 0.05) is 48.2 Å². The Labute approximate surface area is 194 Å². The van der Waals surface area contributed by atoms with Crippen LogP contribution in [-0.2, 0) is 13.1 Å². The molecule has 33 heavy (non-hydrogen) atoms. The number of carbonyl (C=O) groups excluding carboxylic acids is 1. The van der Waals surface area contributed by atoms with E-state index in [1.165, 1.54) is 0 Å². The van der Waals surface area contributed by atoms with Crippen molar-refractivity contribution < 1.29 is 9.18 Å². The number of amides is 1. The lowest BCUT2D eigenvalue weighted by Crippen LogP contribution is -2.38. The number of aromatic nitrogens is 1. The Kier molecular flexibility index (Phi) is 6.49. The van der Waals surface area contributed by atoms with Crippen LogP contribution >= 0.6 is 0 Å². The summed E-state index contributed by atoms with van der Waals surface area (Å²) in [6.07, 6.45) is 9.02. The van der Waals surface area contributed by atoms with Crippen molar-refractivity contribution in [1.82, 2.24) is 15.2 Å². The summed E-state index contributed by atoms with van der Waals surface area (Å²) in [5.74, 6) is 0.610. The van der Waals surface area contributed by atoms with Gasteiger partial charge in [-0.05, 0) is 80.0 Å². The Hall–Kier alpha value is -3.05. The molecule has 1 aliphatic heterocycles. The molecule has 0 spiro atoms. The minimum absolute atomic E-state index is 0.000970. The summed E-state index contributed by atoms with van der Waals surface area (Å²) in [6, 6.07) is 17.3. The summed E-state index contributed by atoms with van der Waals surface area (Å²) in [6.45, 7) is 2.60. The van der Waals surface area contributed by atoms with Gasteiger partial charge >= 0.3 is 0 Å². The highest BCUT2D eigenvalue weighted by atomic mass is 19.1. The van der Waals surface area contributed by atoms with Gasteiger partial charge < -0.3 is 5.32 Å². The van der Waals surface area contributed by atoms with Gasteiger partial charge in [0.25, 0.3) is 5.91 Å². The molecule has 0 saturated heterocycles. The van der Waals surface area contributed by atoms with Crippen LogP contribution in [0, 0.1) is 11.7 Å². The average Bonchev–Trinajstić information content (AvgIpc) is 3.29. The number of benzene rings is 2. The summed E-state index contributed by atoms with van der Waals surface area (Å²) < 4.78 is 14.0. The van der Waals surface area contributed by atoms with Gasteiger partial charge in [-0.15, -0.1) is 0 Å². The van der Waals surface area contributed by atoms with E-state index in [0.717, 1.165) is 74.0 Å². The van der Waals surface area contributed by atoms with Crippen molar-refractivity contribution in [2.24, 2.45) is 5.92 Å². The van der Waals surface area contributed by atoms with Crippen molar-refractivity contribution in [2.75, 3.05) is 6.54 Å². The van der Waals surface area contributed by atoms with Crippen LogP contribution in [0.3, 0.4) is 0 Å². The van der Waals surface area contributed by atoms with Gasteiger partial charge in [0.1, 0.15) is 5.82 Å². The maximum Gasteiger partial charge on any atom is 0.251 e. The summed E-state index contributed by atoms with van der Waals surface area (Å²) in [5.41, 5.74) is 4.71. The third kappa shape index (κ3) is 5.14. The normalized spacial score (nSPS) is 20.4. The van der Waals surface area contributed by atoms with Crippen LogP contribution in [0.5, 0.6) is 0 Å². The van der Waals surface area contributed by atoms with E-state index in [4.69, 9.17) is 0 Å². The Morgan fingerprint density at radius 1 is 1.00 bits per heavy atom. The fourth-order valence-electron chi connectivity index (χ4n) is 5.21.